The van der Waals surface area contributed by atoms with Gasteiger partial charge in [0.05, 0.1) is 16.7 Å². The largest absolute Gasteiger partial charge is 0.309 e. The van der Waals surface area contributed by atoms with Crippen molar-refractivity contribution in [2.75, 3.05) is 0 Å². The van der Waals surface area contributed by atoms with E-state index < -0.39 is 0 Å². The molecule has 2 heteroatoms. The summed E-state index contributed by atoms with van der Waals surface area (Å²) in [6.07, 6.45) is 0. The zero-order valence-electron chi connectivity index (χ0n) is 11.7. The first-order chi connectivity index (χ1) is 10.3. The molecule has 0 saturated heterocycles. The van der Waals surface area contributed by atoms with Crippen LogP contribution in [-0.2, 0) is 0 Å². The number of aromatic nitrogens is 1. The van der Waals surface area contributed by atoms with Gasteiger partial charge in [-0.3, -0.25) is 0 Å². The van der Waals surface area contributed by atoms with Crippen molar-refractivity contribution in [3.63, 3.8) is 0 Å². The van der Waals surface area contributed by atoms with E-state index in [9.17, 15) is 0 Å². The summed E-state index contributed by atoms with van der Waals surface area (Å²) in [4.78, 5) is 0. The molecule has 4 rings (SSSR count). The Kier molecular flexibility index (Phi) is 2.76. The average molecular weight is 292 g/mol. The van der Waals surface area contributed by atoms with Crippen LogP contribution in [0.1, 0.15) is 5.56 Å². The number of nitrogens with zero attached hydrogens (tertiary/aromatic N) is 1. The zero-order chi connectivity index (χ0) is 14.4. The molecule has 0 atom stereocenters. The van der Waals surface area contributed by atoms with E-state index in [0.29, 0.717) is 0 Å². The Morgan fingerprint density at radius 1 is 0.762 bits per heavy atom. The highest BCUT2D eigenvalue weighted by molar-refractivity contribution is 6.30. The Morgan fingerprint density at radius 2 is 1.33 bits per heavy atom. The quantitative estimate of drug-likeness (QED) is 0.421. The fraction of sp³-hybridized carbons (Fsp3) is 0.0526. The van der Waals surface area contributed by atoms with Crippen molar-refractivity contribution in [1.29, 1.82) is 0 Å². The number of rotatable bonds is 1. The molecule has 4 aromatic rings. The van der Waals surface area contributed by atoms with Gasteiger partial charge in [0.1, 0.15) is 0 Å². The summed E-state index contributed by atoms with van der Waals surface area (Å²) >= 11 is 6.22. The first kappa shape index (κ1) is 12.5. The van der Waals surface area contributed by atoms with Crippen LogP contribution in [0.15, 0.2) is 66.7 Å². The van der Waals surface area contributed by atoms with E-state index in [-0.39, 0.29) is 0 Å². The summed E-state index contributed by atoms with van der Waals surface area (Å²) in [6, 6.07) is 23.1. The number of aryl methyl sites for hydroxylation is 1. The number of para-hydroxylation sites is 2. The number of hydrogen-bond donors (Lipinski definition) is 0. The molecule has 0 aliphatic heterocycles. The highest BCUT2D eigenvalue weighted by Crippen LogP contribution is 2.33. The summed E-state index contributed by atoms with van der Waals surface area (Å²) in [7, 11) is 0. The van der Waals surface area contributed by atoms with Crippen molar-refractivity contribution in [1.82, 2.24) is 4.57 Å². The maximum Gasteiger partial charge on any atom is 0.0541 e. The van der Waals surface area contributed by atoms with Gasteiger partial charge in [-0.2, -0.15) is 0 Å². The maximum atomic E-state index is 6.22. The van der Waals surface area contributed by atoms with Crippen LogP contribution in [0, 0.1) is 6.92 Å². The van der Waals surface area contributed by atoms with E-state index in [1.54, 1.807) is 0 Å². The number of fused-ring (bicyclic) bond motifs is 3. The van der Waals surface area contributed by atoms with Crippen molar-refractivity contribution in [3.8, 4) is 5.69 Å². The van der Waals surface area contributed by atoms with Crippen LogP contribution in [-0.4, -0.2) is 4.57 Å². The summed E-state index contributed by atoms with van der Waals surface area (Å²) in [5, 5.41) is 3.30. The van der Waals surface area contributed by atoms with Gasteiger partial charge in [-0.25, -0.2) is 0 Å². The molecule has 1 nitrogen and oxygen atoms in total. The lowest BCUT2D eigenvalue weighted by Gasteiger charge is -2.11. The Bertz CT molecular complexity index is 913. The van der Waals surface area contributed by atoms with Crippen molar-refractivity contribution in [2.24, 2.45) is 0 Å². The van der Waals surface area contributed by atoms with Gasteiger partial charge >= 0.3 is 0 Å². The average Bonchev–Trinajstić information content (AvgIpc) is 2.84. The zero-order valence-corrected chi connectivity index (χ0v) is 12.4. The molecule has 0 fully saturated rings. The molecule has 0 aliphatic rings. The molecule has 0 saturated carbocycles. The Morgan fingerprint density at radius 3 is 1.95 bits per heavy atom. The monoisotopic (exact) mass is 291 g/mol. The van der Waals surface area contributed by atoms with Crippen molar-refractivity contribution < 1.29 is 0 Å². The van der Waals surface area contributed by atoms with Gasteiger partial charge in [0.2, 0.25) is 0 Å². The van der Waals surface area contributed by atoms with E-state index in [4.69, 9.17) is 11.6 Å². The molecule has 0 amide bonds. The van der Waals surface area contributed by atoms with E-state index in [2.05, 4.69) is 66.1 Å². The van der Waals surface area contributed by atoms with Crippen LogP contribution in [0.25, 0.3) is 27.5 Å². The lowest BCUT2D eigenvalue weighted by Crippen LogP contribution is -1.96. The highest BCUT2D eigenvalue weighted by Gasteiger charge is 2.12. The minimum Gasteiger partial charge on any atom is -0.309 e. The summed E-state index contributed by atoms with van der Waals surface area (Å²) < 4.78 is 2.30. The standard InChI is InChI=1S/C19H14ClN/c1-13-10-11-14(20)12-19(13)21-17-8-4-2-6-15(17)16-7-3-5-9-18(16)21/h2-12H,1H3. The maximum absolute atomic E-state index is 6.22. The molecule has 0 radical (unpaired) electrons. The molecule has 0 bridgehead atoms. The van der Waals surface area contributed by atoms with Gasteiger partial charge in [-0.15, -0.1) is 0 Å². The number of halogens is 1. The van der Waals surface area contributed by atoms with Crippen LogP contribution in [0.5, 0.6) is 0 Å². The van der Waals surface area contributed by atoms with Crippen molar-refractivity contribution in [2.45, 2.75) is 6.92 Å². The lowest BCUT2D eigenvalue weighted by atomic mass is 10.2. The molecule has 1 heterocycles. The second-order valence-corrected chi connectivity index (χ2v) is 5.74. The highest BCUT2D eigenvalue weighted by atomic mass is 35.5. The van der Waals surface area contributed by atoms with Crippen LogP contribution in [0.3, 0.4) is 0 Å². The number of hydrogen-bond acceptors (Lipinski definition) is 0. The fourth-order valence-electron chi connectivity index (χ4n) is 3.01. The first-order valence-electron chi connectivity index (χ1n) is 7.00. The predicted octanol–water partition coefficient (Wildman–Crippen LogP) is 5.75. The molecule has 21 heavy (non-hydrogen) atoms. The Labute approximate surface area is 128 Å². The number of benzene rings is 3. The molecular weight excluding hydrogens is 278 g/mol. The van der Waals surface area contributed by atoms with E-state index >= 15 is 0 Å². The van der Waals surface area contributed by atoms with E-state index in [0.717, 1.165) is 10.7 Å². The van der Waals surface area contributed by atoms with Gasteiger partial charge in [-0.05, 0) is 36.8 Å². The molecule has 0 spiro atoms. The molecule has 0 N–H and O–H groups in total. The van der Waals surface area contributed by atoms with Crippen molar-refractivity contribution >= 4 is 33.4 Å². The molecule has 0 unspecified atom stereocenters. The summed E-state index contributed by atoms with van der Waals surface area (Å²) in [6.45, 7) is 2.12. The Hall–Kier alpha value is -2.25. The second kappa shape index (κ2) is 4.64. The predicted molar refractivity (Wildman–Crippen MR) is 90.5 cm³/mol. The van der Waals surface area contributed by atoms with Gasteiger partial charge in [0, 0.05) is 15.8 Å². The molecule has 102 valence electrons. The lowest BCUT2D eigenvalue weighted by molar-refractivity contribution is 1.15. The molecule has 0 aliphatic carbocycles. The van der Waals surface area contributed by atoms with E-state index in [1.165, 1.54) is 27.4 Å². The third-order valence-electron chi connectivity index (χ3n) is 3.99. The molecule has 1 aromatic heterocycles. The normalized spacial score (nSPS) is 11.3. The van der Waals surface area contributed by atoms with Gasteiger partial charge in [0.25, 0.3) is 0 Å². The SMILES string of the molecule is Cc1ccc(Cl)cc1-n1c2ccccc2c2ccccc21. The fourth-order valence-corrected chi connectivity index (χ4v) is 3.17. The topological polar surface area (TPSA) is 4.93 Å². The smallest absolute Gasteiger partial charge is 0.0541 e. The third kappa shape index (κ3) is 1.85. The molecular formula is C19H14ClN. The van der Waals surface area contributed by atoms with Crippen LogP contribution < -0.4 is 0 Å². The van der Waals surface area contributed by atoms with Gasteiger partial charge in [0.15, 0.2) is 0 Å². The van der Waals surface area contributed by atoms with Crippen LogP contribution in [0.2, 0.25) is 5.02 Å². The Balaban J connectivity index is 2.23. The summed E-state index contributed by atoms with van der Waals surface area (Å²) in [5.41, 5.74) is 4.78. The van der Waals surface area contributed by atoms with Crippen LogP contribution in [0.4, 0.5) is 0 Å². The van der Waals surface area contributed by atoms with Crippen LogP contribution >= 0.6 is 11.6 Å². The van der Waals surface area contributed by atoms with E-state index in [1.807, 2.05) is 12.1 Å². The van der Waals surface area contributed by atoms with Crippen molar-refractivity contribution in [3.05, 3.63) is 77.3 Å². The first-order valence-corrected chi connectivity index (χ1v) is 7.38. The minimum absolute atomic E-state index is 0.762. The van der Waals surface area contributed by atoms with Gasteiger partial charge < -0.3 is 4.57 Å². The minimum atomic E-state index is 0.762. The summed E-state index contributed by atoms with van der Waals surface area (Å²) in [5.74, 6) is 0. The molecule has 3 aromatic carbocycles. The second-order valence-electron chi connectivity index (χ2n) is 5.30. The van der Waals surface area contributed by atoms with Gasteiger partial charge in [-0.1, -0.05) is 54.1 Å². The third-order valence-corrected chi connectivity index (χ3v) is 4.23.